The molecule has 0 radical (unpaired) electrons. The van der Waals surface area contributed by atoms with Crippen LogP contribution in [0.5, 0.6) is 0 Å². The summed E-state index contributed by atoms with van der Waals surface area (Å²) >= 11 is 0. The van der Waals surface area contributed by atoms with Crippen LogP contribution in [0.3, 0.4) is 0 Å². The average Bonchev–Trinajstić information content (AvgIpc) is 2.25. The molecule has 0 bridgehead atoms. The Balaban J connectivity index is 3.39. The second-order valence-corrected chi connectivity index (χ2v) is 4.62. The molecule has 0 aliphatic heterocycles. The summed E-state index contributed by atoms with van der Waals surface area (Å²) < 4.78 is 0. The quantitative estimate of drug-likeness (QED) is 0.530. The minimum Gasteiger partial charge on any atom is -0.481 e. The molecule has 100 valence electrons. The fourth-order valence-electron chi connectivity index (χ4n) is 1.39. The summed E-state index contributed by atoms with van der Waals surface area (Å²) in [6.07, 6.45) is 3.62. The van der Waals surface area contributed by atoms with Crippen LogP contribution < -0.4 is 11.1 Å². The van der Waals surface area contributed by atoms with Crippen molar-refractivity contribution in [1.29, 1.82) is 0 Å². The number of hydrogen-bond donors (Lipinski definition) is 3. The van der Waals surface area contributed by atoms with E-state index in [-0.39, 0.29) is 18.2 Å². The Morgan fingerprint density at radius 2 is 1.76 bits per heavy atom. The van der Waals surface area contributed by atoms with Gasteiger partial charge in [-0.15, -0.1) is 0 Å². The van der Waals surface area contributed by atoms with Gasteiger partial charge in [-0.05, 0) is 18.8 Å². The van der Waals surface area contributed by atoms with E-state index in [0.29, 0.717) is 13.0 Å². The lowest BCUT2D eigenvalue weighted by Crippen LogP contribution is -2.44. The molecule has 0 aromatic carbocycles. The summed E-state index contributed by atoms with van der Waals surface area (Å²) in [5.41, 5.74) is 5.68. The van der Waals surface area contributed by atoms with E-state index in [1.54, 1.807) is 0 Å². The predicted molar refractivity (Wildman–Crippen MR) is 66.5 cm³/mol. The number of nitrogens with one attached hydrogen (secondary N) is 1. The third-order valence-electron chi connectivity index (χ3n) is 2.64. The maximum atomic E-state index is 11.4. The van der Waals surface area contributed by atoms with Gasteiger partial charge in [-0.2, -0.15) is 0 Å². The van der Waals surface area contributed by atoms with Crippen molar-refractivity contribution in [2.75, 3.05) is 6.54 Å². The molecule has 0 saturated heterocycles. The smallest absolute Gasteiger partial charge is 0.303 e. The highest BCUT2D eigenvalue weighted by Crippen LogP contribution is 2.02. The minimum atomic E-state index is -0.749. The molecule has 0 aromatic heterocycles. The van der Waals surface area contributed by atoms with E-state index >= 15 is 0 Å². The van der Waals surface area contributed by atoms with Crippen molar-refractivity contribution in [2.45, 2.75) is 52.0 Å². The zero-order chi connectivity index (χ0) is 13.3. The lowest BCUT2D eigenvalue weighted by molar-refractivity contribution is -0.137. The standard InChI is InChI=1S/C12H24N2O3/c1-9(2)11(13)12(17)14-8-6-4-3-5-7-10(15)16/h9,11H,3-8,13H2,1-2H3,(H,14,17)(H,15,16). The highest BCUT2D eigenvalue weighted by atomic mass is 16.4. The van der Waals surface area contributed by atoms with Gasteiger partial charge in [0.25, 0.3) is 0 Å². The Labute approximate surface area is 103 Å². The Kier molecular flexibility index (Phi) is 8.40. The van der Waals surface area contributed by atoms with Gasteiger partial charge in [0.15, 0.2) is 0 Å². The third kappa shape index (κ3) is 8.68. The third-order valence-corrected chi connectivity index (χ3v) is 2.64. The van der Waals surface area contributed by atoms with E-state index in [1.165, 1.54) is 0 Å². The van der Waals surface area contributed by atoms with Gasteiger partial charge < -0.3 is 16.2 Å². The zero-order valence-corrected chi connectivity index (χ0v) is 10.7. The van der Waals surface area contributed by atoms with Gasteiger partial charge in [-0.25, -0.2) is 0 Å². The van der Waals surface area contributed by atoms with E-state index in [4.69, 9.17) is 10.8 Å². The van der Waals surface area contributed by atoms with E-state index in [9.17, 15) is 9.59 Å². The fraction of sp³-hybridized carbons (Fsp3) is 0.833. The van der Waals surface area contributed by atoms with Crippen LogP contribution in [0.25, 0.3) is 0 Å². The van der Waals surface area contributed by atoms with Crippen molar-refractivity contribution in [3.8, 4) is 0 Å². The van der Waals surface area contributed by atoms with Gasteiger partial charge in [0.05, 0.1) is 6.04 Å². The summed E-state index contributed by atoms with van der Waals surface area (Å²) in [5.74, 6) is -0.711. The summed E-state index contributed by atoms with van der Waals surface area (Å²) in [4.78, 5) is 21.7. The molecule has 0 rings (SSSR count). The zero-order valence-electron chi connectivity index (χ0n) is 10.7. The number of aliphatic carboxylic acids is 1. The molecule has 0 aromatic rings. The molecule has 1 atom stereocenters. The maximum absolute atomic E-state index is 11.4. The van der Waals surface area contributed by atoms with Gasteiger partial charge in [0.2, 0.25) is 5.91 Å². The van der Waals surface area contributed by atoms with E-state index < -0.39 is 12.0 Å². The lowest BCUT2D eigenvalue weighted by Gasteiger charge is -2.15. The van der Waals surface area contributed by atoms with Crippen LogP contribution >= 0.6 is 0 Å². The van der Waals surface area contributed by atoms with Crippen LogP contribution in [0.4, 0.5) is 0 Å². The lowest BCUT2D eigenvalue weighted by atomic mass is 10.0. The number of carbonyl (C=O) groups excluding carboxylic acids is 1. The Morgan fingerprint density at radius 1 is 1.18 bits per heavy atom. The van der Waals surface area contributed by atoms with Gasteiger partial charge >= 0.3 is 5.97 Å². The number of amides is 1. The number of nitrogens with two attached hydrogens (primary N) is 1. The Bertz CT molecular complexity index is 242. The largest absolute Gasteiger partial charge is 0.481 e. The van der Waals surface area contributed by atoms with Crippen molar-refractivity contribution in [2.24, 2.45) is 11.7 Å². The number of rotatable bonds is 9. The monoisotopic (exact) mass is 244 g/mol. The van der Waals surface area contributed by atoms with Gasteiger partial charge in [-0.1, -0.05) is 26.7 Å². The van der Waals surface area contributed by atoms with Gasteiger partial charge in [0.1, 0.15) is 0 Å². The predicted octanol–water partition coefficient (Wildman–Crippen LogP) is 1.12. The second-order valence-electron chi connectivity index (χ2n) is 4.62. The van der Waals surface area contributed by atoms with Crippen LogP contribution in [0.15, 0.2) is 0 Å². The molecule has 0 saturated carbocycles. The van der Waals surface area contributed by atoms with Crippen molar-refractivity contribution in [3.63, 3.8) is 0 Å². The van der Waals surface area contributed by atoms with Crippen molar-refractivity contribution in [3.05, 3.63) is 0 Å². The first-order valence-corrected chi connectivity index (χ1v) is 6.20. The van der Waals surface area contributed by atoms with Crippen LogP contribution in [0.1, 0.15) is 46.0 Å². The maximum Gasteiger partial charge on any atom is 0.303 e. The van der Waals surface area contributed by atoms with Crippen molar-refractivity contribution < 1.29 is 14.7 Å². The first-order chi connectivity index (χ1) is 7.95. The van der Waals surface area contributed by atoms with E-state index in [2.05, 4.69) is 5.32 Å². The van der Waals surface area contributed by atoms with Crippen LogP contribution in [0, 0.1) is 5.92 Å². The highest BCUT2D eigenvalue weighted by Gasteiger charge is 2.15. The van der Waals surface area contributed by atoms with E-state index in [1.807, 2.05) is 13.8 Å². The summed E-state index contributed by atoms with van der Waals surface area (Å²) in [6, 6.07) is -0.443. The van der Waals surface area contributed by atoms with Crippen LogP contribution in [-0.4, -0.2) is 29.6 Å². The molecule has 1 unspecified atom stereocenters. The number of carboxylic acid groups (broad SMARTS) is 1. The molecule has 5 nitrogen and oxygen atoms in total. The number of carbonyl (C=O) groups is 2. The fourth-order valence-corrected chi connectivity index (χ4v) is 1.39. The SMILES string of the molecule is CC(C)C(N)C(=O)NCCCCCCC(=O)O. The Hall–Kier alpha value is -1.10. The molecule has 0 fully saturated rings. The molecular weight excluding hydrogens is 220 g/mol. The molecule has 0 aliphatic rings. The molecule has 0 aliphatic carbocycles. The normalized spacial score (nSPS) is 12.5. The van der Waals surface area contributed by atoms with Gasteiger partial charge in [0, 0.05) is 13.0 Å². The minimum absolute atomic E-state index is 0.106. The molecule has 1 amide bonds. The first-order valence-electron chi connectivity index (χ1n) is 6.20. The Morgan fingerprint density at radius 3 is 2.29 bits per heavy atom. The molecule has 5 heteroatoms. The average molecular weight is 244 g/mol. The van der Waals surface area contributed by atoms with Crippen LogP contribution in [-0.2, 0) is 9.59 Å². The second kappa shape index (κ2) is 8.98. The molecule has 0 spiro atoms. The molecular formula is C12H24N2O3. The molecule has 17 heavy (non-hydrogen) atoms. The molecule has 4 N–H and O–H groups in total. The van der Waals surface area contributed by atoms with Crippen molar-refractivity contribution in [1.82, 2.24) is 5.32 Å². The topological polar surface area (TPSA) is 92.4 Å². The summed E-state index contributed by atoms with van der Waals surface area (Å²) in [7, 11) is 0. The highest BCUT2D eigenvalue weighted by molar-refractivity contribution is 5.81. The number of hydrogen-bond acceptors (Lipinski definition) is 3. The number of unbranched alkanes of at least 4 members (excludes halogenated alkanes) is 3. The van der Waals surface area contributed by atoms with Crippen LogP contribution in [0.2, 0.25) is 0 Å². The first kappa shape index (κ1) is 15.9. The molecule has 0 heterocycles. The summed E-state index contributed by atoms with van der Waals surface area (Å²) in [6.45, 7) is 4.44. The van der Waals surface area contributed by atoms with E-state index in [0.717, 1.165) is 19.3 Å². The number of carboxylic acids is 1. The van der Waals surface area contributed by atoms with Gasteiger partial charge in [-0.3, -0.25) is 9.59 Å². The van der Waals surface area contributed by atoms with Crippen molar-refractivity contribution >= 4 is 11.9 Å². The summed E-state index contributed by atoms with van der Waals surface area (Å²) in [5, 5.41) is 11.2.